The van der Waals surface area contributed by atoms with Gasteiger partial charge in [-0.2, -0.15) is 5.26 Å². The third-order valence-electron chi connectivity index (χ3n) is 3.42. The van der Waals surface area contributed by atoms with E-state index >= 15 is 0 Å². The molecular formula is C15H19ClN2O. The minimum Gasteiger partial charge on any atom is -0.493 e. The normalized spacial score (nSPS) is 14.9. The molecule has 0 amide bonds. The molecule has 0 spiro atoms. The highest BCUT2D eigenvalue weighted by Gasteiger charge is 2.19. The summed E-state index contributed by atoms with van der Waals surface area (Å²) in [6.45, 7) is 7.26. The predicted molar refractivity (Wildman–Crippen MR) is 76.4 cm³/mol. The Morgan fingerprint density at radius 1 is 1.53 bits per heavy atom. The van der Waals surface area contributed by atoms with Gasteiger partial charge in [-0.15, -0.1) is 0 Å². The highest BCUT2D eigenvalue weighted by Crippen LogP contribution is 2.33. The first kappa shape index (κ1) is 14.2. The topological polar surface area (TPSA) is 36.3 Å². The van der Waals surface area contributed by atoms with Crippen LogP contribution in [0.1, 0.15) is 25.0 Å². The molecule has 1 atom stereocenters. The van der Waals surface area contributed by atoms with Gasteiger partial charge in [0.05, 0.1) is 18.6 Å². The van der Waals surface area contributed by atoms with Gasteiger partial charge in [0, 0.05) is 30.1 Å². The Balaban J connectivity index is 2.16. The summed E-state index contributed by atoms with van der Waals surface area (Å²) in [5.41, 5.74) is 2.33. The Bertz CT molecular complexity index is 496. The molecule has 1 aliphatic rings. The van der Waals surface area contributed by atoms with Crippen LogP contribution >= 0.6 is 11.6 Å². The monoisotopic (exact) mass is 278 g/mol. The van der Waals surface area contributed by atoms with E-state index in [9.17, 15) is 0 Å². The van der Waals surface area contributed by atoms with Crippen molar-refractivity contribution in [3.05, 3.63) is 28.3 Å². The number of rotatable bonds is 5. The molecule has 3 nitrogen and oxygen atoms in total. The Kier molecular flexibility index (Phi) is 4.68. The van der Waals surface area contributed by atoms with Crippen LogP contribution in [0.5, 0.6) is 5.75 Å². The molecule has 0 saturated carbocycles. The van der Waals surface area contributed by atoms with Crippen molar-refractivity contribution >= 4 is 11.6 Å². The number of halogens is 1. The van der Waals surface area contributed by atoms with Gasteiger partial charge >= 0.3 is 0 Å². The number of ether oxygens (including phenoxy) is 1. The van der Waals surface area contributed by atoms with Crippen LogP contribution in [-0.4, -0.2) is 24.6 Å². The highest BCUT2D eigenvalue weighted by atomic mass is 35.5. The molecule has 1 aromatic carbocycles. The lowest BCUT2D eigenvalue weighted by molar-refractivity contribution is 0.255. The molecule has 0 aromatic heterocycles. The summed E-state index contributed by atoms with van der Waals surface area (Å²) in [6, 6.07) is 6.25. The Hall–Kier alpha value is -1.24. The third kappa shape index (κ3) is 3.40. The van der Waals surface area contributed by atoms with Gasteiger partial charge in [0.2, 0.25) is 0 Å². The van der Waals surface area contributed by atoms with Crippen LogP contribution in [0, 0.1) is 17.2 Å². The second kappa shape index (κ2) is 6.27. The van der Waals surface area contributed by atoms with Crippen LogP contribution in [0.3, 0.4) is 0 Å². The van der Waals surface area contributed by atoms with E-state index < -0.39 is 0 Å². The fourth-order valence-corrected chi connectivity index (χ4v) is 2.70. The summed E-state index contributed by atoms with van der Waals surface area (Å²) in [6.07, 6.45) is 0.934. The molecule has 1 unspecified atom stereocenters. The maximum atomic E-state index is 8.92. The largest absolute Gasteiger partial charge is 0.493 e. The van der Waals surface area contributed by atoms with Crippen LogP contribution in [0.2, 0.25) is 5.02 Å². The molecule has 0 aliphatic carbocycles. The zero-order chi connectivity index (χ0) is 13.8. The molecule has 0 N–H and O–H groups in total. The van der Waals surface area contributed by atoms with Gasteiger partial charge in [0.1, 0.15) is 5.75 Å². The fraction of sp³-hybridized carbons (Fsp3) is 0.533. The van der Waals surface area contributed by atoms with Crippen molar-refractivity contribution in [1.29, 1.82) is 5.26 Å². The molecule has 19 heavy (non-hydrogen) atoms. The first-order valence-electron chi connectivity index (χ1n) is 6.70. The van der Waals surface area contributed by atoms with E-state index in [-0.39, 0.29) is 5.92 Å². The maximum Gasteiger partial charge on any atom is 0.127 e. The van der Waals surface area contributed by atoms with Crippen molar-refractivity contribution in [3.63, 3.8) is 0 Å². The Morgan fingerprint density at radius 2 is 2.32 bits per heavy atom. The van der Waals surface area contributed by atoms with Crippen LogP contribution < -0.4 is 4.74 Å². The predicted octanol–water partition coefficient (Wildman–Crippen LogP) is 3.26. The van der Waals surface area contributed by atoms with Crippen molar-refractivity contribution < 1.29 is 4.74 Å². The van der Waals surface area contributed by atoms with E-state index in [1.165, 1.54) is 5.56 Å². The molecule has 0 fully saturated rings. The van der Waals surface area contributed by atoms with Gasteiger partial charge in [-0.25, -0.2) is 0 Å². The van der Waals surface area contributed by atoms with Gasteiger partial charge in [-0.1, -0.05) is 18.5 Å². The molecular weight excluding hydrogens is 260 g/mol. The van der Waals surface area contributed by atoms with Crippen molar-refractivity contribution in [3.8, 4) is 11.8 Å². The van der Waals surface area contributed by atoms with E-state index in [1.807, 2.05) is 19.1 Å². The molecule has 1 aromatic rings. The lowest BCUT2D eigenvalue weighted by Crippen LogP contribution is -2.27. The second-order valence-electron chi connectivity index (χ2n) is 5.01. The molecule has 1 aliphatic heterocycles. The van der Waals surface area contributed by atoms with Crippen molar-refractivity contribution in [2.45, 2.75) is 26.8 Å². The van der Waals surface area contributed by atoms with Crippen molar-refractivity contribution in [1.82, 2.24) is 4.90 Å². The summed E-state index contributed by atoms with van der Waals surface area (Å²) in [7, 11) is 0. The van der Waals surface area contributed by atoms with Crippen LogP contribution in [-0.2, 0) is 13.0 Å². The number of nitriles is 1. The quantitative estimate of drug-likeness (QED) is 0.829. The Labute approximate surface area is 119 Å². The highest BCUT2D eigenvalue weighted by molar-refractivity contribution is 6.30. The summed E-state index contributed by atoms with van der Waals surface area (Å²) >= 11 is 6.16. The minimum absolute atomic E-state index is 0.0353. The van der Waals surface area contributed by atoms with Gasteiger partial charge in [-0.05, 0) is 31.2 Å². The Morgan fingerprint density at radius 3 is 3.00 bits per heavy atom. The minimum atomic E-state index is 0.0353. The molecule has 102 valence electrons. The van der Waals surface area contributed by atoms with Crippen LogP contribution in [0.4, 0.5) is 0 Å². The number of hydrogen-bond acceptors (Lipinski definition) is 3. The van der Waals surface area contributed by atoms with E-state index in [2.05, 4.69) is 17.9 Å². The van der Waals surface area contributed by atoms with Crippen LogP contribution in [0.15, 0.2) is 12.1 Å². The van der Waals surface area contributed by atoms with Gasteiger partial charge in [0.15, 0.2) is 0 Å². The molecule has 2 rings (SSSR count). The molecule has 1 heterocycles. The number of nitrogens with zero attached hydrogens (tertiary/aromatic N) is 2. The fourth-order valence-electron chi connectivity index (χ4n) is 2.44. The lowest BCUT2D eigenvalue weighted by Gasteiger charge is -2.22. The van der Waals surface area contributed by atoms with Crippen LogP contribution in [0.25, 0.3) is 0 Å². The summed E-state index contributed by atoms with van der Waals surface area (Å²) < 4.78 is 5.71. The van der Waals surface area contributed by atoms with Gasteiger partial charge in [-0.3, -0.25) is 4.90 Å². The van der Waals surface area contributed by atoms with E-state index in [1.54, 1.807) is 0 Å². The lowest BCUT2D eigenvalue weighted by atomic mass is 10.1. The zero-order valence-electron chi connectivity index (χ0n) is 11.4. The van der Waals surface area contributed by atoms with E-state index in [0.29, 0.717) is 0 Å². The molecule has 0 saturated heterocycles. The first-order chi connectivity index (χ1) is 9.13. The second-order valence-corrected chi connectivity index (χ2v) is 5.45. The third-order valence-corrected chi connectivity index (χ3v) is 3.64. The number of fused-ring (bicyclic) bond motifs is 1. The first-order valence-corrected chi connectivity index (χ1v) is 7.08. The average Bonchev–Trinajstić information content (AvgIpc) is 2.85. The standard InChI is InChI=1S/C15H19ClN2O/c1-3-18(9-11(2)8-17)10-13-7-14(16)6-12-4-5-19-15(12)13/h6-7,11H,3-5,9-10H2,1-2H3. The summed E-state index contributed by atoms with van der Waals surface area (Å²) in [5.74, 6) is 1.03. The van der Waals surface area contributed by atoms with E-state index in [4.69, 9.17) is 21.6 Å². The molecule has 4 heteroatoms. The SMILES string of the molecule is CCN(Cc1cc(Cl)cc2c1OCC2)CC(C)C#N. The number of hydrogen-bond donors (Lipinski definition) is 0. The molecule has 0 bridgehead atoms. The van der Waals surface area contributed by atoms with Crippen molar-refractivity contribution in [2.75, 3.05) is 19.7 Å². The van der Waals surface area contributed by atoms with Crippen molar-refractivity contribution in [2.24, 2.45) is 5.92 Å². The average molecular weight is 279 g/mol. The molecule has 0 radical (unpaired) electrons. The maximum absolute atomic E-state index is 8.92. The van der Waals surface area contributed by atoms with E-state index in [0.717, 1.165) is 49.0 Å². The zero-order valence-corrected chi connectivity index (χ0v) is 12.2. The van der Waals surface area contributed by atoms with Gasteiger partial charge in [0.25, 0.3) is 0 Å². The van der Waals surface area contributed by atoms with Gasteiger partial charge < -0.3 is 4.74 Å². The summed E-state index contributed by atoms with van der Waals surface area (Å²) in [4.78, 5) is 2.25. The summed E-state index contributed by atoms with van der Waals surface area (Å²) in [5, 5.41) is 9.69. The number of benzene rings is 1. The smallest absolute Gasteiger partial charge is 0.127 e.